The number of thiophene rings is 1. The van der Waals surface area contributed by atoms with E-state index in [0.29, 0.717) is 15.5 Å². The smallest absolute Gasteiger partial charge is 0.390 e. The molecule has 0 aliphatic heterocycles. The van der Waals surface area contributed by atoms with Crippen LogP contribution in [0.4, 0.5) is 18.2 Å². The lowest BCUT2D eigenvalue weighted by Crippen LogP contribution is -2.03. The third kappa shape index (κ3) is 2.40. The van der Waals surface area contributed by atoms with Crippen LogP contribution in [0.5, 0.6) is 0 Å². The minimum absolute atomic E-state index is 0.354. The van der Waals surface area contributed by atoms with Crippen molar-refractivity contribution in [2.24, 2.45) is 0 Å². The maximum Gasteiger partial charge on any atom is 0.416 e. The molecule has 0 aliphatic rings. The van der Waals surface area contributed by atoms with Crippen molar-refractivity contribution in [2.45, 2.75) is 20.0 Å². The third-order valence-corrected chi connectivity index (χ3v) is 5.43. The number of nitrogens with two attached hydrogens (primary N) is 1. The molecule has 0 unspecified atom stereocenters. The molecule has 0 saturated heterocycles. The second-order valence-corrected chi connectivity index (χ2v) is 7.01. The van der Waals surface area contributed by atoms with Crippen LogP contribution < -0.4 is 5.73 Å². The van der Waals surface area contributed by atoms with Crippen LogP contribution in [0.3, 0.4) is 0 Å². The van der Waals surface area contributed by atoms with Gasteiger partial charge in [-0.1, -0.05) is 0 Å². The van der Waals surface area contributed by atoms with Gasteiger partial charge in [0.25, 0.3) is 0 Å². The SMILES string of the molecule is Cc1sc(N)c(-c2nc3cc(C(F)(F)F)ccc3s2)c1C. The molecule has 3 aromatic rings. The molecule has 0 amide bonds. The van der Waals surface area contributed by atoms with Gasteiger partial charge in [0.15, 0.2) is 0 Å². The molecule has 0 aliphatic carbocycles. The molecule has 0 saturated carbocycles. The number of hydrogen-bond acceptors (Lipinski definition) is 4. The third-order valence-electron chi connectivity index (χ3n) is 3.34. The fraction of sp³-hybridized carbons (Fsp3) is 0.214. The maximum absolute atomic E-state index is 12.7. The van der Waals surface area contributed by atoms with Crippen LogP contribution in [0.15, 0.2) is 18.2 Å². The highest BCUT2D eigenvalue weighted by molar-refractivity contribution is 7.22. The fourth-order valence-electron chi connectivity index (χ4n) is 2.13. The van der Waals surface area contributed by atoms with Gasteiger partial charge in [0.1, 0.15) is 5.01 Å². The predicted octanol–water partition coefficient (Wildman–Crippen LogP) is 5.24. The highest BCUT2D eigenvalue weighted by Gasteiger charge is 2.31. The summed E-state index contributed by atoms with van der Waals surface area (Å²) in [6.45, 7) is 3.92. The van der Waals surface area contributed by atoms with Crippen LogP contribution >= 0.6 is 22.7 Å². The maximum atomic E-state index is 12.7. The molecule has 2 nitrogen and oxygen atoms in total. The molecule has 21 heavy (non-hydrogen) atoms. The van der Waals surface area contributed by atoms with Crippen LogP contribution in [0, 0.1) is 13.8 Å². The Morgan fingerprint density at radius 2 is 1.86 bits per heavy atom. The molecule has 0 atom stereocenters. The summed E-state index contributed by atoms with van der Waals surface area (Å²) in [6, 6.07) is 3.63. The van der Waals surface area contributed by atoms with E-state index in [-0.39, 0.29) is 0 Å². The number of halogens is 3. The summed E-state index contributed by atoms with van der Waals surface area (Å²) in [5.74, 6) is 0. The molecule has 7 heteroatoms. The predicted molar refractivity (Wildman–Crippen MR) is 81.8 cm³/mol. The zero-order valence-electron chi connectivity index (χ0n) is 11.2. The number of nitrogen functional groups attached to an aromatic ring is 1. The number of thiazole rings is 1. The Bertz CT molecular complexity index is 831. The van der Waals surface area contributed by atoms with Crippen LogP contribution in [0.2, 0.25) is 0 Å². The number of nitrogens with zero attached hydrogens (tertiary/aromatic N) is 1. The molecular formula is C14H11F3N2S2. The topological polar surface area (TPSA) is 38.9 Å². The van der Waals surface area contributed by atoms with Crippen molar-refractivity contribution in [3.05, 3.63) is 34.2 Å². The van der Waals surface area contributed by atoms with Gasteiger partial charge >= 0.3 is 6.18 Å². The van der Waals surface area contributed by atoms with E-state index in [4.69, 9.17) is 5.73 Å². The van der Waals surface area contributed by atoms with E-state index in [9.17, 15) is 13.2 Å². The van der Waals surface area contributed by atoms with E-state index < -0.39 is 11.7 Å². The first-order valence-electron chi connectivity index (χ1n) is 6.11. The van der Waals surface area contributed by atoms with Crippen LogP contribution in [-0.2, 0) is 6.18 Å². The summed E-state index contributed by atoms with van der Waals surface area (Å²) in [5.41, 5.74) is 7.55. The standard InChI is InChI=1S/C14H11F3N2S2/c1-6-7(2)20-12(18)11(6)13-19-9-5-8(14(15,16)17)3-4-10(9)21-13/h3-5H,18H2,1-2H3. The van der Waals surface area contributed by atoms with Crippen molar-refractivity contribution < 1.29 is 13.2 Å². The summed E-state index contributed by atoms with van der Waals surface area (Å²) < 4.78 is 38.9. The summed E-state index contributed by atoms with van der Waals surface area (Å²) in [4.78, 5) is 5.43. The van der Waals surface area contributed by atoms with Crippen molar-refractivity contribution in [3.8, 4) is 10.6 Å². The summed E-state index contributed by atoms with van der Waals surface area (Å²) >= 11 is 2.83. The van der Waals surface area contributed by atoms with E-state index in [0.717, 1.165) is 32.8 Å². The van der Waals surface area contributed by atoms with Gasteiger partial charge in [-0.2, -0.15) is 13.2 Å². The Kier molecular flexibility index (Phi) is 3.22. The molecule has 110 valence electrons. The summed E-state index contributed by atoms with van der Waals surface area (Å²) in [7, 11) is 0. The lowest BCUT2D eigenvalue weighted by Gasteiger charge is -2.04. The molecule has 2 heterocycles. The first kappa shape index (κ1) is 14.3. The van der Waals surface area contributed by atoms with Crippen LogP contribution in [0.1, 0.15) is 16.0 Å². The van der Waals surface area contributed by atoms with Gasteiger partial charge in [-0.05, 0) is 37.6 Å². The first-order valence-corrected chi connectivity index (χ1v) is 7.74. The Labute approximate surface area is 127 Å². The number of anilines is 1. The highest BCUT2D eigenvalue weighted by atomic mass is 32.1. The lowest BCUT2D eigenvalue weighted by atomic mass is 10.1. The second kappa shape index (κ2) is 4.71. The molecular weight excluding hydrogens is 317 g/mol. The summed E-state index contributed by atoms with van der Waals surface area (Å²) in [6.07, 6.45) is -4.36. The van der Waals surface area contributed by atoms with E-state index >= 15 is 0 Å². The molecule has 0 bridgehead atoms. The van der Waals surface area contributed by atoms with Gasteiger partial charge in [0, 0.05) is 10.4 Å². The quantitative estimate of drug-likeness (QED) is 0.663. The number of rotatable bonds is 1. The Balaban J connectivity index is 2.18. The average molecular weight is 328 g/mol. The Morgan fingerprint density at radius 1 is 1.14 bits per heavy atom. The van der Waals surface area contributed by atoms with Crippen molar-refractivity contribution >= 4 is 37.9 Å². The normalized spacial score (nSPS) is 12.2. The van der Waals surface area contributed by atoms with Gasteiger partial charge < -0.3 is 5.73 Å². The lowest BCUT2D eigenvalue weighted by molar-refractivity contribution is -0.137. The molecule has 0 spiro atoms. The van der Waals surface area contributed by atoms with Crippen molar-refractivity contribution in [3.63, 3.8) is 0 Å². The van der Waals surface area contributed by atoms with Gasteiger partial charge in [-0.15, -0.1) is 22.7 Å². The monoisotopic (exact) mass is 328 g/mol. The zero-order valence-corrected chi connectivity index (χ0v) is 12.8. The minimum Gasteiger partial charge on any atom is -0.390 e. The van der Waals surface area contributed by atoms with Gasteiger partial charge in [0.05, 0.1) is 20.8 Å². The number of aryl methyl sites for hydroxylation is 1. The number of fused-ring (bicyclic) bond motifs is 1. The number of aromatic nitrogens is 1. The fourth-order valence-corrected chi connectivity index (χ4v) is 4.19. The van der Waals surface area contributed by atoms with Gasteiger partial charge in [0.2, 0.25) is 0 Å². The van der Waals surface area contributed by atoms with Crippen molar-refractivity contribution in [1.82, 2.24) is 4.98 Å². The largest absolute Gasteiger partial charge is 0.416 e. The van der Waals surface area contributed by atoms with Crippen molar-refractivity contribution in [2.75, 3.05) is 5.73 Å². The molecule has 1 aromatic carbocycles. The number of alkyl halides is 3. The number of hydrogen-bond donors (Lipinski definition) is 1. The van der Waals surface area contributed by atoms with E-state index in [1.807, 2.05) is 13.8 Å². The van der Waals surface area contributed by atoms with E-state index in [1.54, 1.807) is 0 Å². The molecule has 0 fully saturated rings. The molecule has 0 radical (unpaired) electrons. The average Bonchev–Trinajstić information content (AvgIpc) is 2.89. The molecule has 2 aromatic heterocycles. The van der Waals surface area contributed by atoms with Gasteiger partial charge in [-0.25, -0.2) is 4.98 Å². The minimum atomic E-state index is -4.36. The molecule has 3 rings (SSSR count). The van der Waals surface area contributed by atoms with Crippen molar-refractivity contribution in [1.29, 1.82) is 0 Å². The van der Waals surface area contributed by atoms with Gasteiger partial charge in [-0.3, -0.25) is 0 Å². The van der Waals surface area contributed by atoms with E-state index in [2.05, 4.69) is 4.98 Å². The Morgan fingerprint density at radius 3 is 2.43 bits per heavy atom. The van der Waals surface area contributed by atoms with E-state index in [1.165, 1.54) is 28.7 Å². The Hall–Kier alpha value is -1.60. The highest BCUT2D eigenvalue weighted by Crippen LogP contribution is 2.42. The molecule has 2 N–H and O–H groups in total. The first-order chi connectivity index (χ1) is 9.77. The zero-order chi connectivity index (χ0) is 15.4. The summed E-state index contributed by atoms with van der Waals surface area (Å²) in [5, 5.41) is 1.32. The number of benzene rings is 1. The second-order valence-electron chi connectivity index (χ2n) is 4.72. The van der Waals surface area contributed by atoms with Crippen LogP contribution in [0.25, 0.3) is 20.8 Å². The van der Waals surface area contributed by atoms with Crippen LogP contribution in [-0.4, -0.2) is 4.98 Å².